The van der Waals surface area contributed by atoms with E-state index in [-0.39, 0.29) is 16.2 Å². The maximum atomic E-state index is 12.2. The third-order valence-corrected chi connectivity index (χ3v) is 5.02. The van der Waals surface area contributed by atoms with Gasteiger partial charge in [-0.1, -0.05) is 18.2 Å². The monoisotopic (exact) mass is 373 g/mol. The number of H-pyrrole nitrogens is 1. The van der Waals surface area contributed by atoms with Gasteiger partial charge in [-0.3, -0.25) is 19.3 Å². The van der Waals surface area contributed by atoms with Crippen molar-refractivity contribution in [1.82, 2.24) is 9.55 Å². The smallest absolute Gasteiger partial charge is 0.264 e. The molecule has 0 aliphatic carbocycles. The zero-order chi connectivity index (χ0) is 18.4. The van der Waals surface area contributed by atoms with E-state index in [2.05, 4.69) is 9.98 Å². The number of hydrogen-bond acceptors (Lipinski definition) is 4. The minimum Gasteiger partial charge on any atom is -0.494 e. The van der Waals surface area contributed by atoms with Crippen LogP contribution in [0.1, 0.15) is 31.2 Å². The number of hydrogen-bond donors (Lipinski definition) is 3. The standard InChI is InChI=1S/C19H24N4O2S/c24-17-16(14-20-10-7-13-22-11-5-2-6-12-22)18(25)23(19(26)21-17)15-8-3-1-4-9-15/h1,3-4,8-9,14,25H,2,5-7,10-13H2,(H,21,24,26)/p+1. The average Bonchev–Trinajstić information content (AvgIpc) is 2.65. The summed E-state index contributed by atoms with van der Waals surface area (Å²) in [5.41, 5.74) is 0.396. The first-order valence-electron chi connectivity index (χ1n) is 9.14. The number of aromatic nitrogens is 2. The highest BCUT2D eigenvalue weighted by Gasteiger charge is 2.13. The van der Waals surface area contributed by atoms with Crippen molar-refractivity contribution in [2.75, 3.05) is 26.2 Å². The largest absolute Gasteiger partial charge is 0.494 e. The molecule has 1 saturated heterocycles. The fourth-order valence-corrected chi connectivity index (χ4v) is 3.63. The number of nitrogens with one attached hydrogen (secondary N) is 2. The van der Waals surface area contributed by atoms with E-state index < -0.39 is 5.56 Å². The number of aliphatic imine (C=N–C) groups is 1. The van der Waals surface area contributed by atoms with Gasteiger partial charge in [-0.15, -0.1) is 0 Å². The number of quaternary nitrogens is 1. The molecular formula is C19H25N4O2S+. The zero-order valence-corrected chi connectivity index (χ0v) is 15.6. The minimum atomic E-state index is -0.426. The zero-order valence-electron chi connectivity index (χ0n) is 14.8. The number of rotatable bonds is 6. The summed E-state index contributed by atoms with van der Waals surface area (Å²) in [5, 5.41) is 10.5. The Kier molecular flexibility index (Phi) is 6.35. The quantitative estimate of drug-likeness (QED) is 0.408. The molecule has 0 saturated carbocycles. The summed E-state index contributed by atoms with van der Waals surface area (Å²) in [5.74, 6) is -0.185. The second-order valence-corrected chi connectivity index (χ2v) is 7.00. The summed E-state index contributed by atoms with van der Waals surface area (Å²) in [6.45, 7) is 4.25. The van der Waals surface area contributed by atoms with Crippen molar-refractivity contribution >= 4 is 18.4 Å². The predicted octanol–water partition coefficient (Wildman–Crippen LogP) is 1.48. The molecule has 1 aliphatic rings. The summed E-state index contributed by atoms with van der Waals surface area (Å²) >= 11 is 5.20. The van der Waals surface area contributed by atoms with Crippen LogP contribution in [-0.2, 0) is 0 Å². The number of aromatic amines is 1. The Bertz CT molecular complexity index is 867. The van der Waals surface area contributed by atoms with Crippen LogP contribution in [0, 0.1) is 4.77 Å². The Morgan fingerprint density at radius 1 is 1.23 bits per heavy atom. The number of benzene rings is 1. The summed E-state index contributed by atoms with van der Waals surface area (Å²) in [6, 6.07) is 9.20. The van der Waals surface area contributed by atoms with Gasteiger partial charge in [0.15, 0.2) is 4.77 Å². The molecule has 3 N–H and O–H groups in total. The maximum Gasteiger partial charge on any atom is 0.264 e. The molecule has 138 valence electrons. The molecule has 0 unspecified atom stereocenters. The number of nitrogens with zero attached hydrogens (tertiary/aromatic N) is 2. The van der Waals surface area contributed by atoms with E-state index in [4.69, 9.17) is 12.2 Å². The topological polar surface area (TPSA) is 74.8 Å². The Balaban J connectivity index is 1.71. The molecule has 2 aromatic rings. The van der Waals surface area contributed by atoms with Crippen LogP contribution in [0.5, 0.6) is 5.88 Å². The predicted molar refractivity (Wildman–Crippen MR) is 105 cm³/mol. The number of aromatic hydroxyl groups is 1. The second-order valence-electron chi connectivity index (χ2n) is 6.62. The van der Waals surface area contributed by atoms with Crippen molar-refractivity contribution in [2.45, 2.75) is 25.7 Å². The van der Waals surface area contributed by atoms with Crippen LogP contribution in [0.2, 0.25) is 0 Å². The summed E-state index contributed by atoms with van der Waals surface area (Å²) < 4.78 is 1.60. The molecule has 0 atom stereocenters. The molecule has 0 spiro atoms. The van der Waals surface area contributed by atoms with Crippen LogP contribution in [0.15, 0.2) is 40.1 Å². The van der Waals surface area contributed by atoms with Crippen molar-refractivity contribution in [3.8, 4) is 11.6 Å². The van der Waals surface area contributed by atoms with Crippen LogP contribution in [0.25, 0.3) is 5.69 Å². The first-order valence-corrected chi connectivity index (χ1v) is 9.55. The fourth-order valence-electron chi connectivity index (χ4n) is 3.35. The number of piperidine rings is 1. The number of para-hydroxylation sites is 1. The van der Waals surface area contributed by atoms with Crippen molar-refractivity contribution in [3.05, 3.63) is 51.0 Å². The van der Waals surface area contributed by atoms with Gasteiger partial charge in [0, 0.05) is 19.2 Å². The van der Waals surface area contributed by atoms with Crippen molar-refractivity contribution in [2.24, 2.45) is 4.99 Å². The van der Waals surface area contributed by atoms with Gasteiger partial charge >= 0.3 is 0 Å². The van der Waals surface area contributed by atoms with Crippen LogP contribution in [0.3, 0.4) is 0 Å². The van der Waals surface area contributed by atoms with E-state index in [0.717, 1.165) is 13.0 Å². The molecule has 0 bridgehead atoms. The lowest BCUT2D eigenvalue weighted by Crippen LogP contribution is -3.12. The molecule has 7 heteroatoms. The molecule has 1 fully saturated rings. The van der Waals surface area contributed by atoms with Gasteiger partial charge in [-0.25, -0.2) is 0 Å². The van der Waals surface area contributed by atoms with Crippen molar-refractivity contribution < 1.29 is 10.0 Å². The lowest BCUT2D eigenvalue weighted by molar-refractivity contribution is -0.904. The third kappa shape index (κ3) is 4.47. The fraction of sp³-hybridized carbons (Fsp3) is 0.421. The van der Waals surface area contributed by atoms with E-state index in [9.17, 15) is 9.90 Å². The van der Waals surface area contributed by atoms with E-state index in [1.165, 1.54) is 43.1 Å². The van der Waals surface area contributed by atoms with Crippen molar-refractivity contribution in [1.29, 1.82) is 0 Å². The molecule has 0 radical (unpaired) electrons. The van der Waals surface area contributed by atoms with Gasteiger partial charge in [0.05, 0.1) is 25.3 Å². The number of likely N-dealkylation sites (tertiary alicyclic amines) is 1. The van der Waals surface area contributed by atoms with Crippen LogP contribution < -0.4 is 10.5 Å². The summed E-state index contributed by atoms with van der Waals surface area (Å²) in [7, 11) is 0. The molecule has 26 heavy (non-hydrogen) atoms. The summed E-state index contributed by atoms with van der Waals surface area (Å²) in [6.07, 6.45) is 6.41. The molecular weight excluding hydrogens is 348 g/mol. The third-order valence-electron chi connectivity index (χ3n) is 4.73. The van der Waals surface area contributed by atoms with Crippen LogP contribution >= 0.6 is 12.2 Å². The normalized spacial score (nSPS) is 15.5. The van der Waals surface area contributed by atoms with E-state index in [0.29, 0.717) is 12.2 Å². The maximum absolute atomic E-state index is 12.2. The average molecular weight is 374 g/mol. The molecule has 0 amide bonds. The van der Waals surface area contributed by atoms with Gasteiger partial charge in [0.25, 0.3) is 5.56 Å². The first-order chi connectivity index (χ1) is 12.7. The van der Waals surface area contributed by atoms with Gasteiger partial charge in [-0.2, -0.15) is 0 Å². The van der Waals surface area contributed by atoms with Gasteiger partial charge < -0.3 is 10.0 Å². The van der Waals surface area contributed by atoms with Crippen LogP contribution in [-0.4, -0.2) is 47.1 Å². The van der Waals surface area contributed by atoms with Crippen molar-refractivity contribution in [3.63, 3.8) is 0 Å². The molecule has 1 aromatic carbocycles. The van der Waals surface area contributed by atoms with E-state index in [1.54, 1.807) is 4.90 Å². The molecule has 3 rings (SSSR count). The SMILES string of the molecule is O=c1[nH]c(=S)n(-c2ccccc2)c(O)c1C=NCCC[NH+]1CCCCC1. The van der Waals surface area contributed by atoms with Gasteiger partial charge in [0.2, 0.25) is 5.88 Å². The highest BCUT2D eigenvalue weighted by molar-refractivity contribution is 7.71. The Labute approximate surface area is 157 Å². The van der Waals surface area contributed by atoms with E-state index in [1.807, 2.05) is 30.3 Å². The molecule has 1 aliphatic heterocycles. The van der Waals surface area contributed by atoms with Crippen LogP contribution in [0.4, 0.5) is 0 Å². The Morgan fingerprint density at radius 3 is 2.69 bits per heavy atom. The molecule has 2 heterocycles. The highest BCUT2D eigenvalue weighted by atomic mass is 32.1. The van der Waals surface area contributed by atoms with Gasteiger partial charge in [0.1, 0.15) is 5.56 Å². The molecule has 1 aromatic heterocycles. The van der Waals surface area contributed by atoms with E-state index >= 15 is 0 Å². The lowest BCUT2D eigenvalue weighted by atomic mass is 10.1. The summed E-state index contributed by atoms with van der Waals surface area (Å²) in [4.78, 5) is 20.8. The minimum absolute atomic E-state index is 0.132. The van der Waals surface area contributed by atoms with Gasteiger partial charge in [-0.05, 0) is 43.6 Å². The highest BCUT2D eigenvalue weighted by Crippen LogP contribution is 2.18. The molecule has 6 nitrogen and oxygen atoms in total. The second kappa shape index (κ2) is 8.91. The first kappa shape index (κ1) is 18.5. The Hall–Kier alpha value is -2.25. The lowest BCUT2D eigenvalue weighted by Gasteiger charge is -2.22. The Morgan fingerprint density at radius 2 is 1.96 bits per heavy atom.